The van der Waals surface area contributed by atoms with Crippen LogP contribution < -0.4 is 29.2 Å². The van der Waals surface area contributed by atoms with Crippen LogP contribution in [0.25, 0.3) is 18.2 Å². The number of likely N-dealkylation sites (N-methyl/N-ethyl adjacent to an activating group) is 4. The number of barbiturate groups is 1. The second-order valence-corrected chi connectivity index (χ2v) is 21.7. The van der Waals surface area contributed by atoms with Gasteiger partial charge in [-0.15, -0.1) is 0 Å². The number of rotatable bonds is 26. The number of ether oxygens (including phenoxy) is 1. The Bertz CT molecular complexity index is 2740. The maximum Gasteiger partial charge on any atom is 0.335 e. The summed E-state index contributed by atoms with van der Waals surface area (Å²) >= 11 is 0. The first-order valence-corrected chi connectivity index (χ1v) is 29.1. The Hall–Kier alpha value is -7.83. The molecule has 2 unspecified atom stereocenters. The van der Waals surface area contributed by atoms with E-state index < -0.39 is 60.4 Å². The summed E-state index contributed by atoms with van der Waals surface area (Å²) in [5.74, 6) is -6.11. The van der Waals surface area contributed by atoms with Crippen LogP contribution in [0.5, 0.6) is 5.75 Å². The van der Waals surface area contributed by atoms with Crippen LogP contribution in [0.15, 0.2) is 72.3 Å². The number of fused-ring (bicyclic) bond motifs is 3. The summed E-state index contributed by atoms with van der Waals surface area (Å²) in [5, 5.41) is 35.5. The largest absolute Gasteiger partial charge is 0.486 e. The number of carboxylic acids is 4. The number of carbonyl (C=O) groups excluding carboxylic acids is 3. The summed E-state index contributed by atoms with van der Waals surface area (Å²) in [7, 11) is 7.97. The number of unbranched alkanes of at least 4 members (excludes halogenated alkanes) is 15. The molecule has 19 nitrogen and oxygen atoms in total. The summed E-state index contributed by atoms with van der Waals surface area (Å²) < 4.78 is 6.13. The molecule has 4 heterocycles. The number of imide groups is 2. The maximum absolute atomic E-state index is 12.7. The lowest BCUT2D eigenvalue weighted by Gasteiger charge is -2.41. The first kappa shape index (κ1) is 65.0. The summed E-state index contributed by atoms with van der Waals surface area (Å²) in [6.45, 7) is 9.30. The van der Waals surface area contributed by atoms with Crippen LogP contribution in [0.1, 0.15) is 140 Å². The number of nitrogens with zero attached hydrogens (tertiary/aromatic N) is 7. The molecule has 3 aromatic carbocycles. The molecule has 7 rings (SSSR count). The number of benzene rings is 3. The Balaban J connectivity index is 0.000000238. The molecule has 1 fully saturated rings. The molecular weight excluding hydrogens is 1050 g/mol. The van der Waals surface area contributed by atoms with E-state index in [1.807, 2.05) is 55.4 Å². The molecule has 4 N–H and O–H groups in total. The van der Waals surface area contributed by atoms with Crippen molar-refractivity contribution in [3.8, 4) is 5.75 Å². The monoisotopic (exact) mass is 1130 g/mol. The molecule has 0 aliphatic carbocycles. The topological polar surface area (TPSA) is 232 Å². The third-order valence-electron chi connectivity index (χ3n) is 15.4. The van der Waals surface area contributed by atoms with Gasteiger partial charge in [0.05, 0.1) is 34.5 Å². The molecule has 0 aromatic heterocycles. The predicted octanol–water partition coefficient (Wildman–Crippen LogP) is 10.6. The van der Waals surface area contributed by atoms with Crippen molar-refractivity contribution in [2.75, 3.05) is 98.5 Å². The van der Waals surface area contributed by atoms with Gasteiger partial charge < -0.3 is 49.7 Å². The van der Waals surface area contributed by atoms with Gasteiger partial charge in [-0.1, -0.05) is 121 Å². The second kappa shape index (κ2) is 32.6. The number of anilines is 5. The highest BCUT2D eigenvalue weighted by Gasteiger charge is 2.43. The summed E-state index contributed by atoms with van der Waals surface area (Å²) in [4.78, 5) is 92.7. The third kappa shape index (κ3) is 19.4. The standard InChI is InChI=1S/C31H51NO3.C19H20N4O7.C13H16N2O2/c1-4-5-6-7-8-9-10-11-12-13-14-15-16-17-18-19-24-32-26(2)27(3)35-30-25-28(20-22-29(30)32)21-23-31(33)34;1-20-5-6-21(2)14-8-11(3-4-13(14)20)7-12-17(28)22(9-15(24)25)19(30)23(18(12)29)10-16(26)27;1-14-7-8-15(2)12-9-10(3-5-11(12)14)4-6-13(16)17/h20-23,25-27H,4-19,24H2,1-3H3,(H,33,34);3-4,7-8H,5-6,9-10H2,1-2H3,(H,24,25)(H,26,27);3-6,9H,7-8H2,1-2H3,(H,16,17). The zero-order valence-electron chi connectivity index (χ0n) is 49.2. The zero-order valence-corrected chi connectivity index (χ0v) is 49.2. The quantitative estimate of drug-likeness (QED) is 0.0332. The number of carbonyl (C=O) groups is 7. The Morgan fingerprint density at radius 1 is 0.512 bits per heavy atom. The number of amides is 4. The van der Waals surface area contributed by atoms with Gasteiger partial charge in [-0.05, 0) is 91.6 Å². The molecular formula is C63H87N7O12. The summed E-state index contributed by atoms with van der Waals surface area (Å²) in [5.41, 5.74) is 7.05. The number of urea groups is 1. The highest BCUT2D eigenvalue weighted by atomic mass is 16.5. The van der Waals surface area contributed by atoms with Gasteiger partial charge in [-0.3, -0.25) is 19.2 Å². The molecule has 0 radical (unpaired) electrons. The van der Waals surface area contributed by atoms with Crippen LogP contribution >= 0.6 is 0 Å². The van der Waals surface area contributed by atoms with Gasteiger partial charge in [-0.25, -0.2) is 24.2 Å². The molecule has 82 heavy (non-hydrogen) atoms. The van der Waals surface area contributed by atoms with Gasteiger partial charge in [0, 0.05) is 73.1 Å². The molecule has 0 saturated carbocycles. The van der Waals surface area contributed by atoms with E-state index in [2.05, 4.69) is 60.5 Å². The van der Waals surface area contributed by atoms with Crippen LogP contribution in [-0.2, 0) is 28.8 Å². The molecule has 3 aromatic rings. The highest BCUT2D eigenvalue weighted by molar-refractivity contribution is 6.31. The van der Waals surface area contributed by atoms with Crippen molar-refractivity contribution >= 4 is 88.4 Å². The Morgan fingerprint density at radius 2 is 0.890 bits per heavy atom. The Kier molecular flexibility index (Phi) is 25.8. The SMILES string of the molecule is CCCCCCCCCCCCCCCCCCN1c2ccc(C=CC(=O)O)cc2OC(C)C1C.CN1CCN(C)c2cc(C=C3C(=O)N(CC(=O)O)C(=O)N(CC(=O)O)C3=O)ccc21.CN1CCN(C)c2cc(C=CC(=O)O)ccc21. The van der Waals surface area contributed by atoms with E-state index in [1.54, 1.807) is 24.3 Å². The van der Waals surface area contributed by atoms with Gasteiger partial charge in [0.25, 0.3) is 11.8 Å². The van der Waals surface area contributed by atoms with Crippen molar-refractivity contribution in [3.63, 3.8) is 0 Å². The van der Waals surface area contributed by atoms with E-state index in [4.69, 9.17) is 25.2 Å². The lowest BCUT2D eigenvalue weighted by Crippen LogP contribution is -2.58. The van der Waals surface area contributed by atoms with Crippen molar-refractivity contribution < 1.29 is 58.7 Å². The number of aliphatic carboxylic acids is 4. The van der Waals surface area contributed by atoms with E-state index in [0.29, 0.717) is 21.4 Å². The minimum Gasteiger partial charge on any atom is -0.486 e. The van der Waals surface area contributed by atoms with Gasteiger partial charge in [-0.2, -0.15) is 0 Å². The van der Waals surface area contributed by atoms with Gasteiger partial charge >= 0.3 is 29.9 Å². The van der Waals surface area contributed by atoms with Crippen LogP contribution in [0, 0.1) is 0 Å². The van der Waals surface area contributed by atoms with Crippen molar-refractivity contribution in [2.24, 2.45) is 0 Å². The summed E-state index contributed by atoms with van der Waals surface area (Å²) in [6, 6.07) is 16.3. The number of hydrogen-bond acceptors (Lipinski definition) is 13. The van der Waals surface area contributed by atoms with Gasteiger partial charge in [0.1, 0.15) is 30.5 Å². The zero-order chi connectivity index (χ0) is 59.9. The first-order chi connectivity index (χ1) is 39.2. The molecule has 0 bridgehead atoms. The Morgan fingerprint density at radius 3 is 1.32 bits per heavy atom. The van der Waals surface area contributed by atoms with Gasteiger partial charge in [0.15, 0.2) is 0 Å². The van der Waals surface area contributed by atoms with Crippen LogP contribution in [-0.4, -0.2) is 158 Å². The predicted molar refractivity (Wildman–Crippen MR) is 324 cm³/mol. The van der Waals surface area contributed by atoms with Crippen LogP contribution in [0.4, 0.5) is 33.2 Å². The average molecular weight is 1130 g/mol. The molecule has 4 amide bonds. The van der Waals surface area contributed by atoms with E-state index in [1.165, 1.54) is 121 Å². The van der Waals surface area contributed by atoms with Crippen molar-refractivity contribution in [3.05, 3.63) is 89.0 Å². The normalized spacial score (nSPS) is 16.7. The smallest absolute Gasteiger partial charge is 0.335 e. The molecule has 19 heteroatoms. The number of hydrogen-bond donors (Lipinski definition) is 4. The number of carboxylic acid groups (broad SMARTS) is 4. The lowest BCUT2D eigenvalue weighted by molar-refractivity contribution is -0.147. The molecule has 0 spiro atoms. The molecule has 1 saturated heterocycles. The minimum atomic E-state index is -1.47. The van der Waals surface area contributed by atoms with E-state index >= 15 is 0 Å². The highest BCUT2D eigenvalue weighted by Crippen LogP contribution is 2.38. The minimum absolute atomic E-state index is 0.113. The molecule has 2 atom stereocenters. The van der Waals surface area contributed by atoms with E-state index in [-0.39, 0.29) is 6.10 Å². The average Bonchev–Trinajstić information content (AvgIpc) is 3.65. The van der Waals surface area contributed by atoms with E-state index in [9.17, 15) is 33.6 Å². The van der Waals surface area contributed by atoms with Crippen molar-refractivity contribution in [1.82, 2.24) is 9.80 Å². The van der Waals surface area contributed by atoms with Crippen LogP contribution in [0.3, 0.4) is 0 Å². The third-order valence-corrected chi connectivity index (χ3v) is 15.4. The fourth-order valence-electron chi connectivity index (χ4n) is 10.4. The summed E-state index contributed by atoms with van der Waals surface area (Å²) in [6.07, 6.45) is 29.1. The maximum atomic E-state index is 12.7. The van der Waals surface area contributed by atoms with Crippen LogP contribution in [0.2, 0.25) is 0 Å². The van der Waals surface area contributed by atoms with E-state index in [0.717, 1.165) is 78.4 Å². The lowest BCUT2D eigenvalue weighted by atomic mass is 10.0. The molecule has 4 aliphatic rings. The molecule has 4 aliphatic heterocycles. The second-order valence-electron chi connectivity index (χ2n) is 21.7. The fraction of sp³-hybridized carbons (Fsp3) is 0.508. The first-order valence-electron chi connectivity index (χ1n) is 29.1. The van der Waals surface area contributed by atoms with Crippen molar-refractivity contribution in [1.29, 1.82) is 0 Å². The Labute approximate surface area is 484 Å². The molecule has 446 valence electrons. The van der Waals surface area contributed by atoms with Gasteiger partial charge in [0.2, 0.25) is 0 Å². The van der Waals surface area contributed by atoms with Crippen molar-refractivity contribution in [2.45, 2.75) is 136 Å². The fourth-order valence-corrected chi connectivity index (χ4v) is 10.4.